The molecule has 0 bridgehead atoms. The molecule has 2 aromatic heterocycles. The topological polar surface area (TPSA) is 73.1 Å². The number of nitrogens with one attached hydrogen (secondary N) is 1. The Morgan fingerprint density at radius 2 is 2.05 bits per heavy atom. The van der Waals surface area contributed by atoms with E-state index in [1.54, 1.807) is 31.3 Å². The van der Waals surface area contributed by atoms with Gasteiger partial charge in [-0.3, -0.25) is 4.98 Å². The lowest BCUT2D eigenvalue weighted by atomic mass is 9.99. The van der Waals surface area contributed by atoms with Crippen molar-refractivity contribution in [3.63, 3.8) is 0 Å². The molecule has 1 saturated carbocycles. The largest absolute Gasteiger partial charge is 0.407 e. The minimum atomic E-state index is -0.0587. The van der Waals surface area contributed by atoms with E-state index in [0.29, 0.717) is 24.3 Å². The Morgan fingerprint density at radius 1 is 1.27 bits per heavy atom. The Morgan fingerprint density at radius 3 is 2.77 bits per heavy atom. The molecule has 118 valence electrons. The van der Waals surface area contributed by atoms with Gasteiger partial charge in [-0.05, 0) is 25.0 Å². The van der Waals surface area contributed by atoms with Crippen molar-refractivity contribution in [2.45, 2.75) is 41.9 Å². The number of nitrogens with zero attached hydrogens (tertiary/aromatic N) is 3. The minimum Gasteiger partial charge on any atom is -0.407 e. The number of ether oxygens (including phenoxy) is 1. The van der Waals surface area contributed by atoms with Crippen LogP contribution in [-0.4, -0.2) is 34.4 Å². The van der Waals surface area contributed by atoms with Gasteiger partial charge < -0.3 is 14.5 Å². The first-order valence-electron chi connectivity index (χ1n) is 7.42. The van der Waals surface area contributed by atoms with Crippen molar-refractivity contribution in [2.24, 2.45) is 0 Å². The number of aromatic nitrogens is 3. The smallest absolute Gasteiger partial charge is 0.316 e. The third-order valence-electron chi connectivity index (χ3n) is 3.83. The highest BCUT2D eigenvalue weighted by molar-refractivity contribution is 7.98. The average Bonchev–Trinajstić information content (AvgIpc) is 3.17. The minimum absolute atomic E-state index is 0.0587. The molecule has 7 heteroatoms. The lowest BCUT2D eigenvalue weighted by Crippen LogP contribution is -2.39. The molecule has 1 fully saturated rings. The molecule has 1 aliphatic rings. The highest BCUT2D eigenvalue weighted by Gasteiger charge is 2.35. The van der Waals surface area contributed by atoms with Crippen molar-refractivity contribution in [1.29, 1.82) is 0 Å². The maximum absolute atomic E-state index is 5.71. The van der Waals surface area contributed by atoms with Gasteiger partial charge in [0.05, 0.1) is 17.9 Å². The Bertz CT molecular complexity index is 584. The van der Waals surface area contributed by atoms with Crippen LogP contribution in [0.2, 0.25) is 0 Å². The Kier molecular flexibility index (Phi) is 4.94. The number of rotatable bonds is 7. The standard InChI is InChI=1S/C15H20N4O2S/c1-20-11-15(6-2-3-7-15)17-14-19-18-13(21-14)10-22-12-4-8-16-9-5-12/h4-5,8-9H,2-3,6-7,10-11H2,1H3,(H,17,19). The molecular weight excluding hydrogens is 300 g/mol. The summed E-state index contributed by atoms with van der Waals surface area (Å²) < 4.78 is 11.1. The summed E-state index contributed by atoms with van der Waals surface area (Å²) in [5.41, 5.74) is -0.0587. The zero-order valence-corrected chi connectivity index (χ0v) is 13.4. The Hall–Kier alpha value is -1.60. The van der Waals surface area contributed by atoms with Gasteiger partial charge in [0.1, 0.15) is 0 Å². The van der Waals surface area contributed by atoms with E-state index in [1.807, 2.05) is 12.1 Å². The number of anilines is 1. The van der Waals surface area contributed by atoms with Crippen LogP contribution >= 0.6 is 11.8 Å². The lowest BCUT2D eigenvalue weighted by molar-refractivity contribution is 0.143. The van der Waals surface area contributed by atoms with Gasteiger partial charge in [0, 0.05) is 24.4 Å². The number of methoxy groups -OCH3 is 1. The molecule has 6 nitrogen and oxygen atoms in total. The normalized spacial score (nSPS) is 16.8. The van der Waals surface area contributed by atoms with Crippen molar-refractivity contribution in [1.82, 2.24) is 15.2 Å². The molecule has 2 heterocycles. The lowest BCUT2D eigenvalue weighted by Gasteiger charge is -2.28. The van der Waals surface area contributed by atoms with Gasteiger partial charge in [-0.15, -0.1) is 16.9 Å². The van der Waals surface area contributed by atoms with Gasteiger partial charge >= 0.3 is 6.01 Å². The monoisotopic (exact) mass is 320 g/mol. The predicted octanol–water partition coefficient (Wildman–Crippen LogP) is 3.13. The van der Waals surface area contributed by atoms with Crippen LogP contribution in [0.1, 0.15) is 31.6 Å². The zero-order chi connectivity index (χ0) is 15.3. The number of pyridine rings is 1. The van der Waals surface area contributed by atoms with Crippen molar-refractivity contribution >= 4 is 17.8 Å². The molecule has 0 saturated heterocycles. The summed E-state index contributed by atoms with van der Waals surface area (Å²) in [7, 11) is 1.73. The molecule has 0 radical (unpaired) electrons. The second kappa shape index (κ2) is 7.11. The summed E-state index contributed by atoms with van der Waals surface area (Å²) in [6, 6.07) is 4.42. The highest BCUT2D eigenvalue weighted by Crippen LogP contribution is 2.33. The van der Waals surface area contributed by atoms with E-state index < -0.39 is 0 Å². The molecule has 0 unspecified atom stereocenters. The molecule has 0 atom stereocenters. The number of hydrogen-bond acceptors (Lipinski definition) is 7. The molecular formula is C15H20N4O2S. The van der Waals surface area contributed by atoms with Crippen LogP contribution in [0.25, 0.3) is 0 Å². The van der Waals surface area contributed by atoms with Crippen molar-refractivity contribution in [3.05, 3.63) is 30.4 Å². The summed E-state index contributed by atoms with van der Waals surface area (Å²) in [6.45, 7) is 0.663. The molecule has 0 spiro atoms. The first-order valence-corrected chi connectivity index (χ1v) is 8.41. The zero-order valence-electron chi connectivity index (χ0n) is 12.6. The maximum atomic E-state index is 5.71. The fraction of sp³-hybridized carbons (Fsp3) is 0.533. The van der Waals surface area contributed by atoms with Gasteiger partial charge in [-0.2, -0.15) is 0 Å². The highest BCUT2D eigenvalue weighted by atomic mass is 32.2. The third kappa shape index (κ3) is 3.78. The third-order valence-corrected chi connectivity index (χ3v) is 4.83. The Balaban J connectivity index is 1.59. The van der Waals surface area contributed by atoms with Crippen LogP contribution < -0.4 is 5.32 Å². The van der Waals surface area contributed by atoms with Gasteiger partial charge in [-0.1, -0.05) is 17.9 Å². The van der Waals surface area contributed by atoms with E-state index in [4.69, 9.17) is 9.15 Å². The van der Waals surface area contributed by atoms with Gasteiger partial charge in [0.2, 0.25) is 5.89 Å². The van der Waals surface area contributed by atoms with Crippen molar-refractivity contribution in [3.8, 4) is 0 Å². The van der Waals surface area contributed by atoms with Crippen LogP contribution in [0, 0.1) is 0 Å². The van der Waals surface area contributed by atoms with E-state index in [0.717, 1.165) is 17.7 Å². The summed E-state index contributed by atoms with van der Waals surface area (Å²) in [5.74, 6) is 1.27. The first-order chi connectivity index (χ1) is 10.8. The number of hydrogen-bond donors (Lipinski definition) is 1. The van der Waals surface area contributed by atoms with E-state index in [9.17, 15) is 0 Å². The van der Waals surface area contributed by atoms with Crippen LogP contribution in [0.3, 0.4) is 0 Å². The molecule has 0 aliphatic heterocycles. The summed E-state index contributed by atoms with van der Waals surface area (Å²) in [5, 5.41) is 11.6. The van der Waals surface area contributed by atoms with Crippen LogP contribution in [-0.2, 0) is 10.5 Å². The molecule has 3 rings (SSSR count). The SMILES string of the molecule is COCC1(Nc2nnc(CSc3ccncc3)o2)CCCC1. The summed E-state index contributed by atoms with van der Waals surface area (Å²) in [4.78, 5) is 5.13. The fourth-order valence-corrected chi connectivity index (χ4v) is 3.52. The number of thioether (sulfide) groups is 1. The van der Waals surface area contributed by atoms with Crippen molar-refractivity contribution in [2.75, 3.05) is 19.0 Å². The summed E-state index contributed by atoms with van der Waals surface area (Å²) in [6.07, 6.45) is 8.11. The molecule has 1 aliphatic carbocycles. The molecule has 2 aromatic rings. The molecule has 22 heavy (non-hydrogen) atoms. The van der Waals surface area contributed by atoms with E-state index in [2.05, 4.69) is 20.5 Å². The molecule has 0 amide bonds. The fourth-order valence-electron chi connectivity index (χ4n) is 2.80. The van der Waals surface area contributed by atoms with Gasteiger partial charge in [0.15, 0.2) is 0 Å². The molecule has 0 aromatic carbocycles. The van der Waals surface area contributed by atoms with Crippen LogP contribution in [0.5, 0.6) is 0 Å². The van der Waals surface area contributed by atoms with Gasteiger partial charge in [0.25, 0.3) is 0 Å². The van der Waals surface area contributed by atoms with E-state index >= 15 is 0 Å². The predicted molar refractivity (Wildman–Crippen MR) is 84.8 cm³/mol. The van der Waals surface area contributed by atoms with Crippen LogP contribution in [0.4, 0.5) is 6.01 Å². The van der Waals surface area contributed by atoms with Gasteiger partial charge in [-0.25, -0.2) is 0 Å². The van der Waals surface area contributed by atoms with E-state index in [1.165, 1.54) is 12.8 Å². The Labute approximate surface area is 134 Å². The van der Waals surface area contributed by atoms with Crippen LogP contribution in [0.15, 0.2) is 33.8 Å². The molecule has 1 N–H and O–H groups in total. The average molecular weight is 320 g/mol. The summed E-state index contributed by atoms with van der Waals surface area (Å²) >= 11 is 1.65. The quantitative estimate of drug-likeness (QED) is 0.786. The van der Waals surface area contributed by atoms with E-state index in [-0.39, 0.29) is 5.54 Å². The first kappa shape index (κ1) is 15.3. The maximum Gasteiger partial charge on any atom is 0.316 e. The second-order valence-corrected chi connectivity index (χ2v) is 6.57. The van der Waals surface area contributed by atoms with Crippen molar-refractivity contribution < 1.29 is 9.15 Å². The second-order valence-electron chi connectivity index (χ2n) is 5.52.